The van der Waals surface area contributed by atoms with Crippen LogP contribution < -0.4 is 11.0 Å². The lowest BCUT2D eigenvalue weighted by Gasteiger charge is -2.17. The smallest absolute Gasteiger partial charge is 0.423 e. The fourth-order valence-corrected chi connectivity index (χ4v) is 1.79. The summed E-state index contributed by atoms with van der Waals surface area (Å²) in [5.74, 6) is 0.574. The lowest BCUT2D eigenvalue weighted by Crippen LogP contribution is -2.35. The highest BCUT2D eigenvalue weighted by molar-refractivity contribution is 6.61. The van der Waals surface area contributed by atoms with E-state index in [2.05, 4.69) is 9.97 Å². The second kappa shape index (κ2) is 4.22. The summed E-state index contributed by atoms with van der Waals surface area (Å²) in [6.07, 6.45) is 0. The molecule has 0 aliphatic heterocycles. The standard InChI is InChI=1S/C12H15BN2O3/c1-12(2,3)11-14-8-6-4-5-7(13(17)18)9(8)10(16)15-11/h4-6,17-18H,1-3H3,(H,14,15,16). The van der Waals surface area contributed by atoms with Gasteiger partial charge in [-0.25, -0.2) is 4.98 Å². The normalized spacial score (nSPS) is 11.8. The highest BCUT2D eigenvalue weighted by Crippen LogP contribution is 2.18. The number of aromatic nitrogens is 2. The number of aromatic amines is 1. The van der Waals surface area contributed by atoms with Gasteiger partial charge >= 0.3 is 7.12 Å². The molecular formula is C12H15BN2O3. The number of hydrogen-bond acceptors (Lipinski definition) is 4. The Labute approximate surface area is 105 Å². The minimum atomic E-state index is -1.68. The van der Waals surface area contributed by atoms with Gasteiger partial charge in [0.15, 0.2) is 0 Å². The molecule has 1 heterocycles. The van der Waals surface area contributed by atoms with Crippen LogP contribution in [0.5, 0.6) is 0 Å². The third kappa shape index (κ3) is 2.17. The molecule has 3 N–H and O–H groups in total. The van der Waals surface area contributed by atoms with E-state index in [1.165, 1.54) is 6.07 Å². The van der Waals surface area contributed by atoms with Crippen LogP contribution in [-0.4, -0.2) is 27.1 Å². The first-order valence-electron chi connectivity index (χ1n) is 5.70. The Hall–Kier alpha value is -1.66. The molecule has 2 aromatic rings. The Morgan fingerprint density at radius 2 is 1.94 bits per heavy atom. The molecule has 0 aliphatic rings. The van der Waals surface area contributed by atoms with Gasteiger partial charge in [0, 0.05) is 5.41 Å². The van der Waals surface area contributed by atoms with Gasteiger partial charge in [-0.3, -0.25) is 4.79 Å². The van der Waals surface area contributed by atoms with E-state index < -0.39 is 7.12 Å². The largest absolute Gasteiger partial charge is 0.489 e. The Kier molecular flexibility index (Phi) is 3.00. The van der Waals surface area contributed by atoms with Gasteiger partial charge in [-0.2, -0.15) is 0 Å². The summed E-state index contributed by atoms with van der Waals surface area (Å²) in [7, 11) is -1.68. The van der Waals surface area contributed by atoms with Crippen molar-refractivity contribution in [2.75, 3.05) is 0 Å². The van der Waals surface area contributed by atoms with E-state index in [4.69, 9.17) is 0 Å². The highest BCUT2D eigenvalue weighted by atomic mass is 16.4. The summed E-state index contributed by atoms with van der Waals surface area (Å²) in [5, 5.41) is 18.7. The van der Waals surface area contributed by atoms with Crippen molar-refractivity contribution in [2.45, 2.75) is 26.2 Å². The van der Waals surface area contributed by atoms with Gasteiger partial charge in [-0.05, 0) is 11.5 Å². The van der Waals surface area contributed by atoms with Gasteiger partial charge < -0.3 is 15.0 Å². The minimum absolute atomic E-state index is 0.168. The fraction of sp³-hybridized carbons (Fsp3) is 0.333. The molecule has 0 spiro atoms. The maximum atomic E-state index is 12.1. The molecule has 1 aromatic heterocycles. The van der Waals surface area contributed by atoms with Gasteiger partial charge in [-0.1, -0.05) is 32.9 Å². The number of benzene rings is 1. The Morgan fingerprint density at radius 1 is 1.28 bits per heavy atom. The zero-order chi connectivity index (χ0) is 13.5. The predicted molar refractivity (Wildman–Crippen MR) is 70.9 cm³/mol. The van der Waals surface area contributed by atoms with E-state index in [0.717, 1.165) is 0 Å². The topological polar surface area (TPSA) is 86.2 Å². The van der Waals surface area contributed by atoms with Gasteiger partial charge in [-0.15, -0.1) is 0 Å². The predicted octanol–water partition coefficient (Wildman–Crippen LogP) is -0.0996. The van der Waals surface area contributed by atoms with E-state index in [9.17, 15) is 14.8 Å². The molecule has 6 heteroatoms. The lowest BCUT2D eigenvalue weighted by atomic mass is 9.78. The van der Waals surface area contributed by atoms with Crippen LogP contribution in [-0.2, 0) is 5.41 Å². The van der Waals surface area contributed by atoms with Crippen LogP contribution in [0.25, 0.3) is 10.9 Å². The van der Waals surface area contributed by atoms with Gasteiger partial charge in [0.05, 0.1) is 10.9 Å². The van der Waals surface area contributed by atoms with E-state index >= 15 is 0 Å². The van der Waals surface area contributed by atoms with E-state index in [-0.39, 0.29) is 21.8 Å². The van der Waals surface area contributed by atoms with Crippen LogP contribution in [0.1, 0.15) is 26.6 Å². The second-order valence-electron chi connectivity index (χ2n) is 5.28. The molecule has 0 unspecified atom stereocenters. The van der Waals surface area contributed by atoms with E-state index in [1.54, 1.807) is 12.1 Å². The molecule has 0 fully saturated rings. The molecular weight excluding hydrogens is 231 g/mol. The average molecular weight is 246 g/mol. The fourth-order valence-electron chi connectivity index (χ4n) is 1.79. The first kappa shape index (κ1) is 12.8. The van der Waals surface area contributed by atoms with E-state index in [1.807, 2.05) is 20.8 Å². The first-order valence-corrected chi connectivity index (χ1v) is 5.70. The van der Waals surface area contributed by atoms with Crippen molar-refractivity contribution < 1.29 is 10.0 Å². The van der Waals surface area contributed by atoms with Crippen molar-refractivity contribution in [3.63, 3.8) is 0 Å². The van der Waals surface area contributed by atoms with Crippen molar-refractivity contribution in [3.05, 3.63) is 34.4 Å². The first-order chi connectivity index (χ1) is 8.30. The summed E-state index contributed by atoms with van der Waals surface area (Å²) in [6.45, 7) is 5.84. The Balaban J connectivity index is 2.82. The zero-order valence-corrected chi connectivity index (χ0v) is 10.6. The van der Waals surface area contributed by atoms with Gasteiger partial charge in [0.25, 0.3) is 5.56 Å². The molecule has 5 nitrogen and oxygen atoms in total. The van der Waals surface area contributed by atoms with Crippen LogP contribution >= 0.6 is 0 Å². The quantitative estimate of drug-likeness (QED) is 0.613. The Morgan fingerprint density at radius 3 is 2.50 bits per heavy atom. The summed E-state index contributed by atoms with van der Waals surface area (Å²) >= 11 is 0. The molecule has 0 saturated heterocycles. The molecule has 0 amide bonds. The number of hydrogen-bond donors (Lipinski definition) is 3. The Bertz CT molecular complexity index is 644. The highest BCUT2D eigenvalue weighted by Gasteiger charge is 2.21. The van der Waals surface area contributed by atoms with Gasteiger partial charge in [0.1, 0.15) is 5.82 Å². The van der Waals surface area contributed by atoms with E-state index in [0.29, 0.717) is 11.3 Å². The van der Waals surface area contributed by atoms with Crippen LogP contribution in [0, 0.1) is 0 Å². The minimum Gasteiger partial charge on any atom is -0.423 e. The third-order valence-electron chi connectivity index (χ3n) is 2.75. The summed E-state index contributed by atoms with van der Waals surface area (Å²) in [4.78, 5) is 19.1. The number of H-pyrrole nitrogens is 1. The monoisotopic (exact) mass is 246 g/mol. The van der Waals surface area contributed by atoms with Crippen LogP contribution in [0.4, 0.5) is 0 Å². The van der Waals surface area contributed by atoms with Crippen molar-refractivity contribution >= 4 is 23.5 Å². The van der Waals surface area contributed by atoms with Crippen LogP contribution in [0.15, 0.2) is 23.0 Å². The molecule has 1 aromatic carbocycles. The maximum Gasteiger partial charge on any atom is 0.489 e. The maximum absolute atomic E-state index is 12.1. The zero-order valence-electron chi connectivity index (χ0n) is 10.6. The van der Waals surface area contributed by atoms with Crippen molar-refractivity contribution in [1.82, 2.24) is 9.97 Å². The molecule has 0 atom stereocenters. The SMILES string of the molecule is CC(C)(C)c1nc2cccc(B(O)O)c2c(=O)[nH]1. The van der Waals surface area contributed by atoms with Crippen LogP contribution in [0.2, 0.25) is 0 Å². The second-order valence-corrected chi connectivity index (χ2v) is 5.28. The number of fused-ring (bicyclic) bond motifs is 1. The summed E-state index contributed by atoms with van der Waals surface area (Å²) in [6, 6.07) is 4.84. The number of nitrogens with zero attached hydrogens (tertiary/aromatic N) is 1. The molecule has 0 bridgehead atoms. The third-order valence-corrected chi connectivity index (χ3v) is 2.75. The molecule has 0 saturated carbocycles. The van der Waals surface area contributed by atoms with Gasteiger partial charge in [0.2, 0.25) is 0 Å². The molecule has 2 rings (SSSR count). The molecule has 0 aliphatic carbocycles. The number of nitrogens with one attached hydrogen (secondary N) is 1. The molecule has 18 heavy (non-hydrogen) atoms. The molecule has 0 radical (unpaired) electrons. The van der Waals surface area contributed by atoms with Crippen molar-refractivity contribution in [3.8, 4) is 0 Å². The summed E-state index contributed by atoms with van der Waals surface area (Å²) < 4.78 is 0. The lowest BCUT2D eigenvalue weighted by molar-refractivity contribution is 0.426. The molecule has 94 valence electrons. The van der Waals surface area contributed by atoms with Crippen molar-refractivity contribution in [1.29, 1.82) is 0 Å². The van der Waals surface area contributed by atoms with Crippen LogP contribution in [0.3, 0.4) is 0 Å². The number of rotatable bonds is 1. The van der Waals surface area contributed by atoms with Crippen molar-refractivity contribution in [2.24, 2.45) is 0 Å². The summed E-state index contributed by atoms with van der Waals surface area (Å²) in [5.41, 5.74) is 0.00544. The average Bonchev–Trinajstić information content (AvgIpc) is 2.26.